The Balaban J connectivity index is 2.90. The molecule has 1 aliphatic rings. The van der Waals surface area contributed by atoms with Gasteiger partial charge in [-0.15, -0.1) is 0 Å². The molecule has 6 heteroatoms. The van der Waals surface area contributed by atoms with E-state index in [1.807, 2.05) is 0 Å². The maximum absolute atomic E-state index is 12.1. The van der Waals surface area contributed by atoms with Crippen LogP contribution in [0.25, 0.3) is 0 Å². The Morgan fingerprint density at radius 3 is 2.30 bits per heavy atom. The number of hydrogen-bond acceptors (Lipinski definition) is 5. The highest BCUT2D eigenvalue weighted by atomic mass is 16.6. The lowest BCUT2D eigenvalue weighted by Gasteiger charge is -2.31. The second-order valence-electron chi connectivity index (χ2n) is 5.99. The van der Waals surface area contributed by atoms with E-state index in [0.717, 1.165) is 6.42 Å². The van der Waals surface area contributed by atoms with Crippen molar-refractivity contribution in [2.75, 3.05) is 13.7 Å². The number of rotatable bonds is 3. The minimum absolute atomic E-state index is 0.294. The first kappa shape index (κ1) is 16.5. The zero-order valence-electron chi connectivity index (χ0n) is 12.8. The fourth-order valence-corrected chi connectivity index (χ4v) is 2.41. The van der Waals surface area contributed by atoms with Crippen molar-refractivity contribution in [2.24, 2.45) is 5.92 Å². The van der Waals surface area contributed by atoms with Gasteiger partial charge in [0.2, 0.25) is 0 Å². The lowest BCUT2D eigenvalue weighted by Crippen LogP contribution is -2.47. The molecular weight excluding hydrogens is 262 g/mol. The second-order valence-corrected chi connectivity index (χ2v) is 5.99. The maximum Gasteiger partial charge on any atom is 0.410 e. The Bertz CT molecular complexity index is 399. The lowest BCUT2D eigenvalue weighted by molar-refractivity contribution is -0.151. The third-order valence-electron chi connectivity index (χ3n) is 3.21. The fourth-order valence-electron chi connectivity index (χ4n) is 2.41. The molecule has 0 radical (unpaired) electrons. The van der Waals surface area contributed by atoms with E-state index in [1.165, 1.54) is 18.9 Å². The number of amides is 1. The van der Waals surface area contributed by atoms with Crippen molar-refractivity contribution in [2.45, 2.75) is 52.2 Å². The molecule has 0 saturated carbocycles. The number of Topliss-reactive ketones (excluding diaryl/α,β-unsaturated/α-hetero) is 1. The van der Waals surface area contributed by atoms with Crippen molar-refractivity contribution in [3.8, 4) is 0 Å². The van der Waals surface area contributed by atoms with Crippen LogP contribution >= 0.6 is 0 Å². The van der Waals surface area contributed by atoms with Gasteiger partial charge in [-0.3, -0.25) is 9.59 Å². The molecule has 114 valence electrons. The van der Waals surface area contributed by atoms with Crippen LogP contribution in [0.1, 0.15) is 40.5 Å². The molecular formula is C14H23NO5. The van der Waals surface area contributed by atoms with E-state index in [2.05, 4.69) is 4.74 Å². The average Bonchev–Trinajstić information content (AvgIpc) is 2.75. The number of nitrogens with zero attached hydrogens (tertiary/aromatic N) is 1. The summed E-state index contributed by atoms with van der Waals surface area (Å²) < 4.78 is 10.00. The topological polar surface area (TPSA) is 72.9 Å². The number of methoxy groups -OCH3 is 1. The van der Waals surface area contributed by atoms with Crippen molar-refractivity contribution < 1.29 is 23.9 Å². The van der Waals surface area contributed by atoms with E-state index in [-0.39, 0.29) is 5.78 Å². The molecule has 0 aliphatic carbocycles. The molecule has 0 spiro atoms. The second kappa shape index (κ2) is 6.24. The molecule has 1 rings (SSSR count). The van der Waals surface area contributed by atoms with E-state index in [1.54, 1.807) is 20.8 Å². The highest BCUT2D eigenvalue weighted by Crippen LogP contribution is 2.27. The SMILES string of the molecule is COC(=O)C(C(C)=O)C1CCCN1C(=O)OC(C)(C)C. The molecule has 1 aliphatic heterocycles. The molecule has 0 bridgehead atoms. The van der Waals surface area contributed by atoms with E-state index in [4.69, 9.17) is 4.74 Å². The summed E-state index contributed by atoms with van der Waals surface area (Å²) in [6.07, 6.45) is 0.846. The summed E-state index contributed by atoms with van der Waals surface area (Å²) in [6, 6.07) is -0.477. The van der Waals surface area contributed by atoms with Crippen molar-refractivity contribution in [3.05, 3.63) is 0 Å². The quantitative estimate of drug-likeness (QED) is 0.583. The highest BCUT2D eigenvalue weighted by molar-refractivity contribution is 5.99. The Labute approximate surface area is 119 Å². The first-order chi connectivity index (χ1) is 9.17. The van der Waals surface area contributed by atoms with Gasteiger partial charge in [-0.2, -0.15) is 0 Å². The predicted octanol–water partition coefficient (Wildman–Crippen LogP) is 1.76. The van der Waals surface area contributed by atoms with Gasteiger partial charge in [-0.05, 0) is 40.5 Å². The van der Waals surface area contributed by atoms with Crippen molar-refractivity contribution in [3.63, 3.8) is 0 Å². The summed E-state index contributed by atoms with van der Waals surface area (Å²) in [6.45, 7) is 7.16. The van der Waals surface area contributed by atoms with Crippen molar-refractivity contribution in [1.82, 2.24) is 4.90 Å². The predicted molar refractivity (Wildman–Crippen MR) is 72.1 cm³/mol. The summed E-state index contributed by atoms with van der Waals surface area (Å²) >= 11 is 0. The van der Waals surface area contributed by atoms with Gasteiger partial charge in [0.05, 0.1) is 13.2 Å². The number of likely N-dealkylation sites (tertiary alicyclic amines) is 1. The number of esters is 1. The Kier molecular flexibility index (Phi) is 5.14. The molecule has 6 nitrogen and oxygen atoms in total. The van der Waals surface area contributed by atoms with Gasteiger partial charge in [0.25, 0.3) is 0 Å². The normalized spacial score (nSPS) is 20.4. The first-order valence-corrected chi connectivity index (χ1v) is 6.75. The molecule has 0 aromatic carbocycles. The van der Waals surface area contributed by atoms with Gasteiger partial charge < -0.3 is 14.4 Å². The van der Waals surface area contributed by atoms with Crippen LogP contribution in [-0.2, 0) is 19.1 Å². The monoisotopic (exact) mass is 285 g/mol. The van der Waals surface area contributed by atoms with E-state index >= 15 is 0 Å². The van der Waals surface area contributed by atoms with Crippen LogP contribution < -0.4 is 0 Å². The van der Waals surface area contributed by atoms with Crippen LogP contribution in [0.4, 0.5) is 4.79 Å². The largest absolute Gasteiger partial charge is 0.468 e. The highest BCUT2D eigenvalue weighted by Gasteiger charge is 2.42. The minimum atomic E-state index is -0.935. The fraction of sp³-hybridized carbons (Fsp3) is 0.786. The molecule has 0 aromatic rings. The van der Waals surface area contributed by atoms with Gasteiger partial charge in [-0.1, -0.05) is 0 Å². The van der Waals surface area contributed by atoms with Crippen LogP contribution in [0.3, 0.4) is 0 Å². The minimum Gasteiger partial charge on any atom is -0.468 e. The van der Waals surface area contributed by atoms with Gasteiger partial charge in [0.15, 0.2) is 0 Å². The van der Waals surface area contributed by atoms with Crippen molar-refractivity contribution in [1.29, 1.82) is 0 Å². The average molecular weight is 285 g/mol. The van der Waals surface area contributed by atoms with Crippen LogP contribution in [0.5, 0.6) is 0 Å². The number of hydrogen-bond donors (Lipinski definition) is 0. The molecule has 0 aromatic heterocycles. The zero-order valence-corrected chi connectivity index (χ0v) is 12.8. The Hall–Kier alpha value is -1.59. The van der Waals surface area contributed by atoms with Crippen LogP contribution in [0.15, 0.2) is 0 Å². The van der Waals surface area contributed by atoms with E-state index in [9.17, 15) is 14.4 Å². The molecule has 20 heavy (non-hydrogen) atoms. The molecule has 0 N–H and O–H groups in total. The first-order valence-electron chi connectivity index (χ1n) is 6.75. The van der Waals surface area contributed by atoms with Crippen LogP contribution in [-0.4, -0.2) is 48.0 Å². The van der Waals surface area contributed by atoms with Gasteiger partial charge in [-0.25, -0.2) is 4.79 Å². The van der Waals surface area contributed by atoms with E-state index in [0.29, 0.717) is 13.0 Å². The van der Waals surface area contributed by atoms with Crippen molar-refractivity contribution >= 4 is 17.8 Å². The van der Waals surface area contributed by atoms with Gasteiger partial charge >= 0.3 is 12.1 Å². The standard InChI is InChI=1S/C14H23NO5/c1-9(16)11(12(17)19-5)10-7-6-8-15(10)13(18)20-14(2,3)4/h10-11H,6-8H2,1-5H3. The Morgan fingerprint density at radius 2 is 1.85 bits per heavy atom. The van der Waals surface area contributed by atoms with Crippen LogP contribution in [0.2, 0.25) is 0 Å². The Morgan fingerprint density at radius 1 is 1.25 bits per heavy atom. The maximum atomic E-state index is 12.1. The molecule has 1 saturated heterocycles. The van der Waals surface area contributed by atoms with Crippen LogP contribution in [0, 0.1) is 5.92 Å². The summed E-state index contributed by atoms with van der Waals surface area (Å²) in [5.41, 5.74) is -0.610. The number of carbonyl (C=O) groups excluding carboxylic acids is 3. The number of carbonyl (C=O) groups is 3. The lowest BCUT2D eigenvalue weighted by atomic mass is 9.94. The summed E-state index contributed by atoms with van der Waals surface area (Å²) in [5.74, 6) is -1.83. The van der Waals surface area contributed by atoms with E-state index < -0.39 is 29.6 Å². The zero-order chi connectivity index (χ0) is 15.5. The smallest absolute Gasteiger partial charge is 0.410 e. The third kappa shape index (κ3) is 3.95. The summed E-state index contributed by atoms with van der Waals surface area (Å²) in [4.78, 5) is 37.1. The summed E-state index contributed by atoms with van der Waals surface area (Å²) in [5, 5.41) is 0. The van der Waals surface area contributed by atoms with Gasteiger partial charge in [0.1, 0.15) is 17.3 Å². The molecule has 2 atom stereocenters. The molecule has 1 amide bonds. The number of ketones is 1. The summed E-state index contributed by atoms with van der Waals surface area (Å²) in [7, 11) is 1.24. The molecule has 1 fully saturated rings. The third-order valence-corrected chi connectivity index (χ3v) is 3.21. The number of ether oxygens (including phenoxy) is 2. The molecule has 2 unspecified atom stereocenters. The molecule has 1 heterocycles. The van der Waals surface area contributed by atoms with Gasteiger partial charge in [0, 0.05) is 6.54 Å².